The maximum Gasteiger partial charge on any atom is 0.222 e. The number of rotatable bonds is 7. The minimum atomic E-state index is -0.00819. The fourth-order valence-electron chi connectivity index (χ4n) is 5.41. The topological polar surface area (TPSA) is 32.8 Å². The van der Waals surface area contributed by atoms with Crippen LogP contribution in [0.25, 0.3) is 10.8 Å². The van der Waals surface area contributed by atoms with Gasteiger partial charge in [0.05, 0.1) is 11.7 Å². The predicted octanol–water partition coefficient (Wildman–Crippen LogP) is 5.00. The fourth-order valence-corrected chi connectivity index (χ4v) is 5.41. The van der Waals surface area contributed by atoms with Crippen molar-refractivity contribution >= 4 is 16.7 Å². The van der Waals surface area contributed by atoms with E-state index >= 15 is 0 Å². The molecule has 30 heavy (non-hydrogen) atoms. The molecule has 0 aliphatic carbocycles. The normalized spacial score (nSPS) is 24.5. The van der Waals surface area contributed by atoms with E-state index < -0.39 is 0 Å². The quantitative estimate of drug-likeness (QED) is 0.646. The Morgan fingerprint density at radius 3 is 2.77 bits per heavy atom. The third-order valence-corrected chi connectivity index (χ3v) is 7.03. The lowest BCUT2D eigenvalue weighted by molar-refractivity contribution is -0.132. The van der Waals surface area contributed by atoms with Crippen LogP contribution in [-0.2, 0) is 16.1 Å². The van der Waals surface area contributed by atoms with Crippen molar-refractivity contribution in [2.75, 3.05) is 26.2 Å². The van der Waals surface area contributed by atoms with Crippen molar-refractivity contribution in [1.82, 2.24) is 9.80 Å². The van der Waals surface area contributed by atoms with Crippen molar-refractivity contribution in [3.63, 3.8) is 0 Å². The second-order valence-electron chi connectivity index (χ2n) is 9.02. The summed E-state index contributed by atoms with van der Waals surface area (Å²) < 4.78 is 6.63. The van der Waals surface area contributed by atoms with Crippen LogP contribution in [-0.4, -0.2) is 53.6 Å². The summed E-state index contributed by atoms with van der Waals surface area (Å²) in [7, 11) is 0. The van der Waals surface area contributed by atoms with Crippen molar-refractivity contribution in [1.29, 1.82) is 0 Å². The zero-order valence-corrected chi connectivity index (χ0v) is 18.6. The number of fused-ring (bicyclic) bond motifs is 1. The van der Waals surface area contributed by atoms with Crippen molar-refractivity contribution in [3.05, 3.63) is 48.0 Å². The number of nitrogens with zero attached hydrogens (tertiary/aromatic N) is 2. The Morgan fingerprint density at radius 2 is 1.93 bits per heavy atom. The van der Waals surface area contributed by atoms with Crippen LogP contribution in [0.1, 0.15) is 57.9 Å². The summed E-state index contributed by atoms with van der Waals surface area (Å²) in [4.78, 5) is 16.9. The number of benzene rings is 2. The van der Waals surface area contributed by atoms with Crippen LogP contribution < -0.4 is 0 Å². The highest BCUT2D eigenvalue weighted by Crippen LogP contribution is 2.39. The number of hydrogen-bond donors (Lipinski definition) is 0. The Balaban J connectivity index is 1.35. The highest BCUT2D eigenvalue weighted by atomic mass is 16.5. The standard InChI is InChI=1S/C26H36N2O2/c1-3-28(4-2)25(29)14-13-23-15-17-26(30-23)16-8-18-27(20-26)19-22-11-7-10-21-9-5-6-12-24(21)22/h5-7,9-12,23H,3-4,8,13-20H2,1-2H3/t23-,26+/m1/s1. The summed E-state index contributed by atoms with van der Waals surface area (Å²) in [6, 6.07) is 15.3. The molecule has 1 amide bonds. The Labute approximate surface area is 181 Å². The van der Waals surface area contributed by atoms with Gasteiger partial charge in [-0.3, -0.25) is 9.69 Å². The van der Waals surface area contributed by atoms with Crippen molar-refractivity contribution < 1.29 is 9.53 Å². The predicted molar refractivity (Wildman–Crippen MR) is 122 cm³/mol. The molecule has 4 nitrogen and oxygen atoms in total. The number of piperidine rings is 1. The van der Waals surface area contributed by atoms with Crippen LogP contribution >= 0.6 is 0 Å². The molecule has 0 unspecified atom stereocenters. The van der Waals surface area contributed by atoms with Crippen LogP contribution in [0.3, 0.4) is 0 Å². The Kier molecular flexibility index (Phi) is 6.74. The van der Waals surface area contributed by atoms with E-state index in [1.165, 1.54) is 22.8 Å². The highest BCUT2D eigenvalue weighted by molar-refractivity contribution is 5.85. The average molecular weight is 409 g/mol. The molecule has 0 bridgehead atoms. The summed E-state index contributed by atoms with van der Waals surface area (Å²) in [5.41, 5.74) is 1.40. The Hall–Kier alpha value is -1.91. The van der Waals surface area contributed by atoms with Gasteiger partial charge in [-0.1, -0.05) is 42.5 Å². The van der Waals surface area contributed by atoms with Gasteiger partial charge in [-0.15, -0.1) is 0 Å². The molecule has 2 heterocycles. The molecule has 2 aliphatic rings. The molecular formula is C26H36N2O2. The van der Waals surface area contributed by atoms with Crippen molar-refractivity contribution in [3.8, 4) is 0 Å². The maximum absolute atomic E-state index is 12.4. The van der Waals surface area contributed by atoms with E-state index in [1.807, 2.05) is 4.90 Å². The average Bonchev–Trinajstić information content (AvgIpc) is 3.15. The van der Waals surface area contributed by atoms with E-state index in [4.69, 9.17) is 4.74 Å². The number of carbonyl (C=O) groups is 1. The van der Waals surface area contributed by atoms with Gasteiger partial charge >= 0.3 is 0 Å². The SMILES string of the molecule is CCN(CC)C(=O)CC[C@@H]1CC[C@]2(CCCN(Cc3cccc4ccccc34)C2)O1. The zero-order valence-electron chi connectivity index (χ0n) is 18.6. The van der Waals surface area contributed by atoms with E-state index in [1.54, 1.807) is 0 Å². The molecule has 0 N–H and O–H groups in total. The fraction of sp³-hybridized carbons (Fsp3) is 0.577. The van der Waals surface area contributed by atoms with Crippen LogP contribution in [0.4, 0.5) is 0 Å². The van der Waals surface area contributed by atoms with Gasteiger partial charge in [-0.25, -0.2) is 0 Å². The molecule has 0 saturated carbocycles. The summed E-state index contributed by atoms with van der Waals surface area (Å²) in [5, 5.41) is 2.68. The second-order valence-corrected chi connectivity index (χ2v) is 9.02. The number of likely N-dealkylation sites (tertiary alicyclic amines) is 1. The van der Waals surface area contributed by atoms with Crippen molar-refractivity contribution in [2.45, 2.75) is 70.6 Å². The molecule has 4 rings (SSSR count). The number of carbonyl (C=O) groups excluding carboxylic acids is 1. The first-order valence-electron chi connectivity index (χ1n) is 11.8. The number of hydrogen-bond acceptors (Lipinski definition) is 3. The van der Waals surface area contributed by atoms with Gasteiger partial charge in [0.1, 0.15) is 0 Å². The van der Waals surface area contributed by atoms with Gasteiger partial charge in [0.2, 0.25) is 5.91 Å². The van der Waals surface area contributed by atoms with Gasteiger partial charge in [0, 0.05) is 32.6 Å². The molecule has 2 fully saturated rings. The van der Waals surface area contributed by atoms with E-state index in [-0.39, 0.29) is 17.6 Å². The van der Waals surface area contributed by atoms with Crippen LogP contribution in [0.5, 0.6) is 0 Å². The van der Waals surface area contributed by atoms with Gasteiger partial charge < -0.3 is 9.64 Å². The number of amides is 1. The van der Waals surface area contributed by atoms with Crippen LogP contribution in [0.2, 0.25) is 0 Å². The molecule has 2 aromatic carbocycles. The third kappa shape index (κ3) is 4.70. The van der Waals surface area contributed by atoms with E-state index in [2.05, 4.69) is 61.2 Å². The second kappa shape index (κ2) is 9.49. The molecule has 2 saturated heterocycles. The molecular weight excluding hydrogens is 372 g/mol. The van der Waals surface area contributed by atoms with E-state index in [0.717, 1.165) is 58.4 Å². The lowest BCUT2D eigenvalue weighted by Gasteiger charge is -2.40. The molecule has 4 heteroatoms. The highest BCUT2D eigenvalue weighted by Gasteiger charge is 2.43. The molecule has 162 valence electrons. The molecule has 0 aromatic heterocycles. The smallest absolute Gasteiger partial charge is 0.222 e. The van der Waals surface area contributed by atoms with Gasteiger partial charge in [0.25, 0.3) is 0 Å². The van der Waals surface area contributed by atoms with E-state index in [9.17, 15) is 4.79 Å². The molecule has 0 radical (unpaired) electrons. The maximum atomic E-state index is 12.4. The zero-order chi connectivity index (χ0) is 21.0. The largest absolute Gasteiger partial charge is 0.370 e. The van der Waals surface area contributed by atoms with Crippen molar-refractivity contribution in [2.24, 2.45) is 0 Å². The summed E-state index contributed by atoms with van der Waals surface area (Å²) in [6.45, 7) is 8.83. The lowest BCUT2D eigenvalue weighted by atomic mass is 9.89. The van der Waals surface area contributed by atoms with Gasteiger partial charge in [-0.2, -0.15) is 0 Å². The first-order valence-corrected chi connectivity index (χ1v) is 11.8. The summed E-state index contributed by atoms with van der Waals surface area (Å²) in [5.74, 6) is 0.269. The van der Waals surface area contributed by atoms with E-state index in [0.29, 0.717) is 6.42 Å². The third-order valence-electron chi connectivity index (χ3n) is 7.03. The molecule has 2 atom stereocenters. The minimum absolute atomic E-state index is 0.00819. The monoisotopic (exact) mass is 408 g/mol. The Morgan fingerprint density at radius 1 is 1.13 bits per heavy atom. The first-order chi connectivity index (χ1) is 14.6. The molecule has 2 aliphatic heterocycles. The number of ether oxygens (including phenoxy) is 1. The lowest BCUT2D eigenvalue weighted by Crippen LogP contribution is -2.47. The Bertz CT molecular complexity index is 858. The molecule has 1 spiro atoms. The van der Waals surface area contributed by atoms with Crippen LogP contribution in [0.15, 0.2) is 42.5 Å². The molecule has 2 aromatic rings. The van der Waals surface area contributed by atoms with Gasteiger partial charge in [0.15, 0.2) is 0 Å². The minimum Gasteiger partial charge on any atom is -0.370 e. The first kappa shape index (κ1) is 21.3. The summed E-state index contributed by atoms with van der Waals surface area (Å²) >= 11 is 0. The summed E-state index contributed by atoms with van der Waals surface area (Å²) in [6.07, 6.45) is 6.27. The van der Waals surface area contributed by atoms with Gasteiger partial charge in [-0.05, 0) is 68.8 Å². The van der Waals surface area contributed by atoms with Crippen LogP contribution in [0, 0.1) is 0 Å².